The number of hydrogen-bond donors (Lipinski definition) is 2. The van der Waals surface area contributed by atoms with E-state index >= 15 is 0 Å². The Hall–Kier alpha value is -2.38. The molecule has 0 spiro atoms. The molecule has 2 aromatic rings. The molecule has 1 fully saturated rings. The zero-order valence-corrected chi connectivity index (χ0v) is 18.4. The van der Waals surface area contributed by atoms with Crippen molar-refractivity contribution in [3.8, 4) is 11.3 Å². The van der Waals surface area contributed by atoms with Gasteiger partial charge in [-0.2, -0.15) is 0 Å². The maximum Gasteiger partial charge on any atom is 0.191 e. The van der Waals surface area contributed by atoms with Crippen LogP contribution < -0.4 is 10.6 Å². The van der Waals surface area contributed by atoms with Crippen LogP contribution in [0.15, 0.2) is 45.9 Å². The minimum absolute atomic E-state index is 0.467. The lowest BCUT2D eigenvalue weighted by Gasteiger charge is -2.35. The molecule has 2 N–H and O–H groups in total. The number of nitrogens with zero attached hydrogens (tertiary/aromatic N) is 3. The van der Waals surface area contributed by atoms with Crippen molar-refractivity contribution in [2.24, 2.45) is 10.9 Å². The third kappa shape index (κ3) is 6.85. The predicted molar refractivity (Wildman–Crippen MR) is 120 cm³/mol. The first-order valence-corrected chi connectivity index (χ1v) is 11.0. The molecular formula is C23H35N5O2. The summed E-state index contributed by atoms with van der Waals surface area (Å²) in [4.78, 5) is 7.25. The maximum absolute atomic E-state index is 5.53. The Morgan fingerprint density at radius 2 is 1.93 bits per heavy atom. The Morgan fingerprint density at radius 3 is 2.63 bits per heavy atom. The molecule has 7 nitrogen and oxygen atoms in total. The molecule has 1 aromatic carbocycles. The van der Waals surface area contributed by atoms with Gasteiger partial charge in [0.05, 0.1) is 19.8 Å². The molecule has 1 unspecified atom stereocenters. The molecule has 3 rings (SSSR count). The van der Waals surface area contributed by atoms with Gasteiger partial charge in [-0.15, -0.1) is 0 Å². The van der Waals surface area contributed by atoms with E-state index in [0.717, 1.165) is 68.8 Å². The van der Waals surface area contributed by atoms with Crippen LogP contribution in [-0.2, 0) is 11.3 Å². The molecule has 7 heteroatoms. The Bertz CT molecular complexity index is 769. The van der Waals surface area contributed by atoms with Gasteiger partial charge in [-0.1, -0.05) is 49.3 Å². The number of ether oxygens (including phenoxy) is 1. The summed E-state index contributed by atoms with van der Waals surface area (Å²) in [6.07, 6.45) is 1.15. The highest BCUT2D eigenvalue weighted by Crippen LogP contribution is 2.20. The Morgan fingerprint density at radius 1 is 1.17 bits per heavy atom. The van der Waals surface area contributed by atoms with Gasteiger partial charge in [-0.05, 0) is 19.3 Å². The van der Waals surface area contributed by atoms with Crippen LogP contribution in [0.3, 0.4) is 0 Å². The van der Waals surface area contributed by atoms with Crippen molar-refractivity contribution in [1.29, 1.82) is 0 Å². The van der Waals surface area contributed by atoms with Crippen molar-refractivity contribution in [3.05, 3.63) is 42.1 Å². The third-order valence-electron chi connectivity index (χ3n) is 5.17. The summed E-state index contributed by atoms with van der Waals surface area (Å²) >= 11 is 0. The van der Waals surface area contributed by atoms with E-state index in [-0.39, 0.29) is 0 Å². The summed E-state index contributed by atoms with van der Waals surface area (Å²) in [5, 5.41) is 11.0. The molecule has 1 aromatic heterocycles. The summed E-state index contributed by atoms with van der Waals surface area (Å²) in [6, 6.07) is 12.4. The largest absolute Gasteiger partial charge is 0.379 e. The van der Waals surface area contributed by atoms with E-state index in [1.165, 1.54) is 0 Å². The second-order valence-corrected chi connectivity index (χ2v) is 8.06. The van der Waals surface area contributed by atoms with Crippen LogP contribution in [0.4, 0.5) is 0 Å². The summed E-state index contributed by atoms with van der Waals surface area (Å²) in [7, 11) is 0. The smallest absolute Gasteiger partial charge is 0.191 e. The number of benzene rings is 1. The fraction of sp³-hybridized carbons (Fsp3) is 0.565. The summed E-state index contributed by atoms with van der Waals surface area (Å²) in [6.45, 7) is 12.4. The molecule has 164 valence electrons. The number of nitrogens with one attached hydrogen (secondary N) is 2. The molecule has 1 atom stereocenters. The van der Waals surface area contributed by atoms with Crippen molar-refractivity contribution >= 4 is 5.96 Å². The monoisotopic (exact) mass is 413 g/mol. The van der Waals surface area contributed by atoms with E-state index in [2.05, 4.69) is 41.5 Å². The molecule has 1 aliphatic rings. The molecule has 0 aliphatic carbocycles. The molecular weight excluding hydrogens is 378 g/mol. The van der Waals surface area contributed by atoms with Gasteiger partial charge in [-0.25, -0.2) is 4.99 Å². The lowest BCUT2D eigenvalue weighted by Crippen LogP contribution is -2.51. The number of aromatic nitrogens is 1. The molecule has 2 heterocycles. The Labute approximate surface area is 179 Å². The lowest BCUT2D eigenvalue weighted by atomic mass is 10.0. The molecule has 0 radical (unpaired) electrons. The van der Waals surface area contributed by atoms with Gasteiger partial charge in [0.2, 0.25) is 0 Å². The number of rotatable bonds is 9. The van der Waals surface area contributed by atoms with Crippen LogP contribution in [0.1, 0.15) is 32.9 Å². The van der Waals surface area contributed by atoms with Crippen molar-refractivity contribution in [2.75, 3.05) is 39.4 Å². The number of aliphatic imine (C=N–C) groups is 1. The number of morpholine rings is 1. The lowest BCUT2D eigenvalue weighted by molar-refractivity contribution is 0.0132. The SMILES string of the molecule is CCNC(=NCc1cc(-c2ccccc2)on1)NCC(CC(C)C)N1CCOCC1. The molecule has 30 heavy (non-hydrogen) atoms. The highest BCUT2D eigenvalue weighted by Gasteiger charge is 2.22. The maximum atomic E-state index is 5.53. The molecule has 1 aliphatic heterocycles. The van der Waals surface area contributed by atoms with Crippen LogP contribution >= 0.6 is 0 Å². The Balaban J connectivity index is 1.60. The highest BCUT2D eigenvalue weighted by atomic mass is 16.5. The third-order valence-corrected chi connectivity index (χ3v) is 5.17. The minimum Gasteiger partial charge on any atom is -0.379 e. The van der Waals surface area contributed by atoms with Crippen LogP contribution in [0.25, 0.3) is 11.3 Å². The second-order valence-electron chi connectivity index (χ2n) is 8.06. The van der Waals surface area contributed by atoms with E-state index in [1.807, 2.05) is 36.4 Å². The van der Waals surface area contributed by atoms with Gasteiger partial charge in [0, 0.05) is 43.9 Å². The van der Waals surface area contributed by atoms with E-state index in [4.69, 9.17) is 14.3 Å². The normalized spacial score (nSPS) is 16.6. The summed E-state index contributed by atoms with van der Waals surface area (Å²) < 4.78 is 11.0. The molecule has 0 amide bonds. The topological polar surface area (TPSA) is 74.9 Å². The van der Waals surface area contributed by atoms with Gasteiger partial charge >= 0.3 is 0 Å². The zero-order valence-electron chi connectivity index (χ0n) is 18.4. The van der Waals surface area contributed by atoms with Crippen molar-refractivity contribution in [2.45, 2.75) is 39.8 Å². The molecule has 1 saturated heterocycles. The van der Waals surface area contributed by atoms with E-state index < -0.39 is 0 Å². The summed E-state index contributed by atoms with van der Waals surface area (Å²) in [5.41, 5.74) is 1.84. The van der Waals surface area contributed by atoms with Crippen molar-refractivity contribution in [1.82, 2.24) is 20.7 Å². The van der Waals surface area contributed by atoms with Gasteiger partial charge in [0.1, 0.15) is 5.69 Å². The average Bonchev–Trinajstić information content (AvgIpc) is 3.25. The number of hydrogen-bond acceptors (Lipinski definition) is 5. The second kappa shape index (κ2) is 11.7. The highest BCUT2D eigenvalue weighted by molar-refractivity contribution is 5.79. The number of guanidine groups is 1. The quantitative estimate of drug-likeness (QED) is 0.486. The molecule has 0 bridgehead atoms. The summed E-state index contributed by atoms with van der Waals surface area (Å²) in [5.74, 6) is 2.22. The first-order valence-electron chi connectivity index (χ1n) is 11.0. The Kier molecular flexibility index (Phi) is 8.71. The minimum atomic E-state index is 0.467. The van der Waals surface area contributed by atoms with Gasteiger partial charge in [0.15, 0.2) is 11.7 Å². The van der Waals surface area contributed by atoms with Crippen LogP contribution in [0, 0.1) is 5.92 Å². The zero-order chi connectivity index (χ0) is 21.2. The van der Waals surface area contributed by atoms with Crippen LogP contribution in [-0.4, -0.2) is 61.5 Å². The van der Waals surface area contributed by atoms with Crippen molar-refractivity contribution in [3.63, 3.8) is 0 Å². The van der Waals surface area contributed by atoms with Crippen molar-refractivity contribution < 1.29 is 9.26 Å². The molecule has 0 saturated carbocycles. The fourth-order valence-electron chi connectivity index (χ4n) is 3.69. The standard InChI is InChI=1S/C23H35N5O2/c1-4-24-23(26-17-21(14-18(2)3)28-10-12-29-13-11-28)25-16-20-15-22(30-27-20)19-8-6-5-7-9-19/h5-9,15,18,21H,4,10-14,16-17H2,1-3H3,(H2,24,25,26). The van der Waals surface area contributed by atoms with E-state index in [0.29, 0.717) is 18.5 Å². The van der Waals surface area contributed by atoms with E-state index in [1.54, 1.807) is 0 Å². The van der Waals surface area contributed by atoms with Gasteiger partial charge in [0.25, 0.3) is 0 Å². The van der Waals surface area contributed by atoms with Gasteiger partial charge < -0.3 is 19.9 Å². The fourth-order valence-corrected chi connectivity index (χ4v) is 3.69. The van der Waals surface area contributed by atoms with Gasteiger partial charge in [-0.3, -0.25) is 4.90 Å². The van der Waals surface area contributed by atoms with Crippen LogP contribution in [0.5, 0.6) is 0 Å². The predicted octanol–water partition coefficient (Wildman–Crippen LogP) is 3.14. The van der Waals surface area contributed by atoms with Crippen LogP contribution in [0.2, 0.25) is 0 Å². The first kappa shape index (κ1) is 22.3. The van der Waals surface area contributed by atoms with E-state index in [9.17, 15) is 0 Å². The first-order chi connectivity index (χ1) is 14.7. The average molecular weight is 414 g/mol.